The van der Waals surface area contributed by atoms with Crippen LogP contribution < -0.4 is 5.32 Å². The molecule has 1 atom stereocenters. The van der Waals surface area contributed by atoms with Crippen molar-refractivity contribution in [2.24, 2.45) is 5.92 Å². The molecule has 0 unspecified atom stereocenters. The summed E-state index contributed by atoms with van der Waals surface area (Å²) in [6.45, 7) is 3.92. The van der Waals surface area contributed by atoms with Crippen molar-refractivity contribution < 1.29 is 14.3 Å². The topological polar surface area (TPSA) is 58.6 Å². The highest BCUT2D eigenvalue weighted by Gasteiger charge is 2.23. The number of amides is 1. The van der Waals surface area contributed by atoms with Crippen LogP contribution in [0.4, 0.5) is 0 Å². The molecule has 5 heteroatoms. The number of carbonyl (C=O) groups is 2. The maximum absolute atomic E-state index is 13.3. The van der Waals surface area contributed by atoms with Crippen molar-refractivity contribution in [3.63, 3.8) is 0 Å². The molecule has 1 aliphatic rings. The van der Waals surface area contributed by atoms with E-state index in [4.69, 9.17) is 11.2 Å². The second kappa shape index (κ2) is 13.1. The van der Waals surface area contributed by atoms with Gasteiger partial charge in [0.05, 0.1) is 7.11 Å². The van der Waals surface area contributed by atoms with Crippen LogP contribution in [0.25, 0.3) is 11.1 Å². The van der Waals surface area contributed by atoms with E-state index in [9.17, 15) is 9.59 Å². The normalized spacial score (nSPS) is 14.8. The number of ether oxygens (including phenoxy) is 1. The molecular formula is C30H38N2O3. The van der Waals surface area contributed by atoms with Gasteiger partial charge >= 0.3 is 5.97 Å². The molecule has 1 amide bonds. The Morgan fingerprint density at radius 1 is 1.14 bits per heavy atom. The molecule has 3 rings (SSSR count). The van der Waals surface area contributed by atoms with Crippen LogP contribution in [-0.2, 0) is 16.1 Å². The lowest BCUT2D eigenvalue weighted by Crippen LogP contribution is -2.41. The molecule has 186 valence electrons. The first-order valence-electron chi connectivity index (χ1n) is 12.6. The third-order valence-corrected chi connectivity index (χ3v) is 6.97. The van der Waals surface area contributed by atoms with Crippen LogP contribution in [0.3, 0.4) is 0 Å². The number of benzene rings is 2. The summed E-state index contributed by atoms with van der Waals surface area (Å²) in [5.41, 5.74) is 4.59. The van der Waals surface area contributed by atoms with Gasteiger partial charge in [-0.15, -0.1) is 12.3 Å². The van der Waals surface area contributed by atoms with Gasteiger partial charge in [0.25, 0.3) is 5.91 Å². The van der Waals surface area contributed by atoms with Crippen molar-refractivity contribution in [2.75, 3.05) is 20.7 Å². The van der Waals surface area contributed by atoms with E-state index in [1.807, 2.05) is 43.3 Å². The second-order valence-electron chi connectivity index (χ2n) is 9.68. The zero-order valence-corrected chi connectivity index (χ0v) is 21.3. The molecule has 0 saturated heterocycles. The monoisotopic (exact) mass is 474 g/mol. The maximum Gasteiger partial charge on any atom is 0.329 e. The third kappa shape index (κ3) is 7.44. The minimum atomic E-state index is -0.882. The fourth-order valence-electron chi connectivity index (χ4n) is 4.94. The predicted octanol–water partition coefficient (Wildman–Crippen LogP) is 5.36. The number of terminal acetylenes is 1. The van der Waals surface area contributed by atoms with Crippen molar-refractivity contribution in [3.05, 3.63) is 59.2 Å². The number of methoxy groups -OCH3 is 1. The number of aryl methyl sites for hydroxylation is 1. The van der Waals surface area contributed by atoms with Gasteiger partial charge in [-0.3, -0.25) is 4.79 Å². The Bertz CT molecular complexity index is 1050. The number of rotatable bonds is 10. The summed E-state index contributed by atoms with van der Waals surface area (Å²) in [6.07, 6.45) is 13.6. The van der Waals surface area contributed by atoms with E-state index in [2.05, 4.69) is 29.3 Å². The minimum Gasteiger partial charge on any atom is -0.467 e. The lowest BCUT2D eigenvalue weighted by molar-refractivity contribution is -0.142. The van der Waals surface area contributed by atoms with Gasteiger partial charge in [-0.05, 0) is 67.2 Å². The van der Waals surface area contributed by atoms with Crippen LogP contribution in [0.15, 0.2) is 42.5 Å². The Morgan fingerprint density at radius 3 is 2.57 bits per heavy atom. The van der Waals surface area contributed by atoms with Crippen LogP contribution in [0.2, 0.25) is 0 Å². The lowest BCUT2D eigenvalue weighted by Gasteiger charge is -2.25. The Kier molecular flexibility index (Phi) is 9.93. The van der Waals surface area contributed by atoms with Crippen molar-refractivity contribution >= 4 is 11.9 Å². The standard InChI is InChI=1S/C30H38N2O3/c1-5-11-28(30(34)35-4)31-29(33)26-17-16-24(20-27(26)25-15-10-9-12-22(25)2)21-32(3)19-18-23-13-7-6-8-14-23/h1,9-10,12,15-17,20,23,28H,6-8,11,13-14,18-19,21H2,2-4H3,(H,31,33)/t28-/m1/s1. The van der Waals surface area contributed by atoms with E-state index in [1.165, 1.54) is 45.6 Å². The number of nitrogens with one attached hydrogen (secondary N) is 1. The summed E-state index contributed by atoms with van der Waals surface area (Å²) >= 11 is 0. The van der Waals surface area contributed by atoms with Gasteiger partial charge in [0.15, 0.2) is 0 Å². The van der Waals surface area contributed by atoms with Gasteiger partial charge in [0, 0.05) is 18.5 Å². The van der Waals surface area contributed by atoms with E-state index in [0.717, 1.165) is 41.3 Å². The van der Waals surface area contributed by atoms with Crippen molar-refractivity contribution in [1.29, 1.82) is 0 Å². The molecule has 0 heterocycles. The van der Waals surface area contributed by atoms with Gasteiger partial charge < -0.3 is 15.0 Å². The Labute approximate surface area is 210 Å². The fraction of sp³-hybridized carbons (Fsp3) is 0.467. The summed E-state index contributed by atoms with van der Waals surface area (Å²) in [6, 6.07) is 13.1. The number of hydrogen-bond acceptors (Lipinski definition) is 4. The van der Waals surface area contributed by atoms with Gasteiger partial charge in [-0.25, -0.2) is 4.79 Å². The van der Waals surface area contributed by atoms with Gasteiger partial charge in [-0.1, -0.05) is 62.4 Å². The SMILES string of the molecule is C#CC[C@@H](NC(=O)c1ccc(CN(C)CCC2CCCCC2)cc1-c1ccccc1C)C(=O)OC. The van der Waals surface area contributed by atoms with Crippen molar-refractivity contribution in [2.45, 2.75) is 64.5 Å². The van der Waals surface area contributed by atoms with Gasteiger partial charge in [-0.2, -0.15) is 0 Å². The number of esters is 1. The summed E-state index contributed by atoms with van der Waals surface area (Å²) in [7, 11) is 3.45. The molecule has 1 aliphatic carbocycles. The van der Waals surface area contributed by atoms with E-state index < -0.39 is 12.0 Å². The molecular weight excluding hydrogens is 436 g/mol. The van der Waals surface area contributed by atoms with Gasteiger partial charge in [0.1, 0.15) is 6.04 Å². The summed E-state index contributed by atoms with van der Waals surface area (Å²) in [4.78, 5) is 27.7. The van der Waals surface area contributed by atoms with E-state index in [-0.39, 0.29) is 12.3 Å². The highest BCUT2D eigenvalue weighted by atomic mass is 16.5. The average Bonchev–Trinajstić information content (AvgIpc) is 2.87. The zero-order chi connectivity index (χ0) is 25.2. The first-order valence-corrected chi connectivity index (χ1v) is 12.6. The summed E-state index contributed by atoms with van der Waals surface area (Å²) in [5.74, 6) is 2.40. The Morgan fingerprint density at radius 2 is 1.89 bits per heavy atom. The molecule has 1 saturated carbocycles. The van der Waals surface area contributed by atoms with Crippen molar-refractivity contribution in [3.8, 4) is 23.5 Å². The molecule has 5 nitrogen and oxygen atoms in total. The highest BCUT2D eigenvalue weighted by Crippen LogP contribution is 2.29. The first-order chi connectivity index (χ1) is 16.9. The van der Waals surface area contributed by atoms with E-state index in [0.29, 0.717) is 5.56 Å². The van der Waals surface area contributed by atoms with Crippen LogP contribution in [0.1, 0.15) is 66.4 Å². The first kappa shape index (κ1) is 26.5. The lowest BCUT2D eigenvalue weighted by atomic mass is 9.87. The largest absolute Gasteiger partial charge is 0.467 e. The fourth-order valence-corrected chi connectivity index (χ4v) is 4.94. The van der Waals surface area contributed by atoms with Crippen LogP contribution in [-0.4, -0.2) is 43.5 Å². The molecule has 35 heavy (non-hydrogen) atoms. The molecule has 0 aliphatic heterocycles. The smallest absolute Gasteiger partial charge is 0.329 e. The second-order valence-corrected chi connectivity index (χ2v) is 9.68. The molecule has 2 aromatic rings. The molecule has 0 radical (unpaired) electrons. The summed E-state index contributed by atoms with van der Waals surface area (Å²) in [5, 5.41) is 2.77. The highest BCUT2D eigenvalue weighted by molar-refractivity contribution is 6.03. The molecule has 1 N–H and O–H groups in total. The quantitative estimate of drug-likeness (QED) is 0.372. The van der Waals surface area contributed by atoms with E-state index >= 15 is 0 Å². The number of hydrogen-bond donors (Lipinski definition) is 1. The molecule has 1 fully saturated rings. The van der Waals surface area contributed by atoms with Crippen LogP contribution >= 0.6 is 0 Å². The Hall–Kier alpha value is -3.10. The third-order valence-electron chi connectivity index (χ3n) is 6.97. The number of carbonyl (C=O) groups excluding carboxylic acids is 2. The average molecular weight is 475 g/mol. The van der Waals surface area contributed by atoms with E-state index in [1.54, 1.807) is 0 Å². The molecule has 0 spiro atoms. The van der Waals surface area contributed by atoms with Crippen LogP contribution in [0.5, 0.6) is 0 Å². The zero-order valence-electron chi connectivity index (χ0n) is 21.3. The molecule has 0 aromatic heterocycles. The number of nitrogens with zero attached hydrogens (tertiary/aromatic N) is 1. The minimum absolute atomic E-state index is 0.0714. The Balaban J connectivity index is 1.82. The van der Waals surface area contributed by atoms with Gasteiger partial charge in [0.2, 0.25) is 0 Å². The predicted molar refractivity (Wildman–Crippen MR) is 141 cm³/mol. The van der Waals surface area contributed by atoms with Crippen molar-refractivity contribution in [1.82, 2.24) is 10.2 Å². The summed E-state index contributed by atoms with van der Waals surface area (Å²) < 4.78 is 4.81. The van der Waals surface area contributed by atoms with Crippen LogP contribution in [0, 0.1) is 25.2 Å². The molecule has 0 bridgehead atoms. The maximum atomic E-state index is 13.3. The molecule has 2 aromatic carbocycles.